The highest BCUT2D eigenvalue weighted by atomic mass is 79.9. The average Bonchev–Trinajstić information content (AvgIpc) is 2.31. The number of hydrogen-bond acceptors (Lipinski definition) is 3. The summed E-state index contributed by atoms with van der Waals surface area (Å²) in [6.45, 7) is 0.0130. The lowest BCUT2D eigenvalue weighted by molar-refractivity contribution is -0.479. The van der Waals surface area contributed by atoms with Gasteiger partial charge >= 0.3 is 0 Å². The predicted molar refractivity (Wildman–Crippen MR) is 47.6 cm³/mol. The molecule has 0 unspecified atom stereocenters. The van der Waals surface area contributed by atoms with Crippen LogP contribution in [-0.4, -0.2) is 11.5 Å². The Hall–Kier alpha value is -0.420. The summed E-state index contributed by atoms with van der Waals surface area (Å²) in [5.74, 6) is 0. The third-order valence-electron chi connectivity index (χ3n) is 1.21. The molecule has 0 aromatic carbocycles. The molecule has 3 nitrogen and oxygen atoms in total. The summed E-state index contributed by atoms with van der Waals surface area (Å²) in [5.41, 5.74) is 0. The van der Waals surface area contributed by atoms with Gasteiger partial charge in [-0.15, -0.1) is 11.3 Å². The van der Waals surface area contributed by atoms with Crippen molar-refractivity contribution in [1.29, 1.82) is 0 Å². The van der Waals surface area contributed by atoms with E-state index in [2.05, 4.69) is 15.9 Å². The molecule has 0 atom stereocenters. The van der Waals surface area contributed by atoms with E-state index in [9.17, 15) is 10.1 Å². The molecule has 0 bridgehead atoms. The first-order valence-corrected chi connectivity index (χ1v) is 4.71. The Balaban J connectivity index is 2.51. The third kappa shape index (κ3) is 2.59. The fourth-order valence-corrected chi connectivity index (χ4v) is 2.24. The second-order valence-corrected chi connectivity index (χ2v) is 3.85. The van der Waals surface area contributed by atoms with E-state index in [4.69, 9.17) is 0 Å². The van der Waals surface area contributed by atoms with Gasteiger partial charge in [-0.05, 0) is 27.4 Å². The van der Waals surface area contributed by atoms with Gasteiger partial charge in [0.15, 0.2) is 0 Å². The predicted octanol–water partition coefficient (Wildman–Crippen LogP) is 2.33. The number of nitro groups is 1. The van der Waals surface area contributed by atoms with Gasteiger partial charge in [0.2, 0.25) is 6.54 Å². The summed E-state index contributed by atoms with van der Waals surface area (Å²) in [4.78, 5) is 10.7. The van der Waals surface area contributed by atoms with E-state index in [1.165, 1.54) is 0 Å². The second kappa shape index (κ2) is 3.82. The molecule has 0 saturated carbocycles. The number of hydrogen-bond donors (Lipinski definition) is 0. The normalized spacial score (nSPS) is 9.91. The fraction of sp³-hybridized carbons (Fsp3) is 0.333. The first-order valence-electron chi connectivity index (χ1n) is 3.04. The summed E-state index contributed by atoms with van der Waals surface area (Å²) in [5, 5.41) is 11.9. The minimum atomic E-state index is -0.299. The first kappa shape index (κ1) is 8.67. The smallest absolute Gasteiger partial charge is 0.208 e. The van der Waals surface area contributed by atoms with Crippen molar-refractivity contribution in [2.75, 3.05) is 6.54 Å². The fourth-order valence-electron chi connectivity index (χ4n) is 0.696. The van der Waals surface area contributed by atoms with Crippen molar-refractivity contribution in [3.63, 3.8) is 0 Å². The first-order chi connectivity index (χ1) is 5.20. The maximum Gasteiger partial charge on any atom is 0.208 e. The van der Waals surface area contributed by atoms with Crippen molar-refractivity contribution < 1.29 is 4.92 Å². The standard InChI is InChI=1S/C6H6BrNO2S/c7-5-2-4-11-6(5)1-3-8(9)10/h2,4H,1,3H2. The summed E-state index contributed by atoms with van der Waals surface area (Å²) in [6, 6.07) is 1.90. The van der Waals surface area contributed by atoms with Crippen LogP contribution < -0.4 is 0 Å². The van der Waals surface area contributed by atoms with Crippen molar-refractivity contribution in [2.45, 2.75) is 6.42 Å². The Kier molecular flexibility index (Phi) is 3.02. The van der Waals surface area contributed by atoms with Crippen LogP contribution in [-0.2, 0) is 6.42 Å². The second-order valence-electron chi connectivity index (χ2n) is 2.00. The molecule has 0 radical (unpaired) electrons. The zero-order valence-electron chi connectivity index (χ0n) is 5.62. The Bertz CT molecular complexity index is 261. The maximum absolute atomic E-state index is 10.0. The molecule has 0 amide bonds. The summed E-state index contributed by atoms with van der Waals surface area (Å²) in [7, 11) is 0. The van der Waals surface area contributed by atoms with Crippen molar-refractivity contribution in [3.8, 4) is 0 Å². The lowest BCUT2D eigenvalue weighted by Gasteiger charge is -1.91. The minimum absolute atomic E-state index is 0.0130. The molecule has 0 fully saturated rings. The SMILES string of the molecule is O=[N+]([O-])CCc1sccc1Br. The van der Waals surface area contributed by atoms with E-state index in [-0.39, 0.29) is 11.5 Å². The zero-order chi connectivity index (χ0) is 8.27. The van der Waals surface area contributed by atoms with Crippen LogP contribution in [0.5, 0.6) is 0 Å². The monoisotopic (exact) mass is 235 g/mol. The quantitative estimate of drug-likeness (QED) is 0.597. The Labute approximate surface area is 76.3 Å². The molecule has 0 aliphatic carbocycles. The molecule has 11 heavy (non-hydrogen) atoms. The van der Waals surface area contributed by atoms with E-state index in [1.54, 1.807) is 11.3 Å². The molecule has 1 aromatic rings. The molecule has 0 aliphatic rings. The molecular formula is C6H6BrNO2S. The van der Waals surface area contributed by atoms with Gasteiger partial charge < -0.3 is 0 Å². The van der Waals surface area contributed by atoms with Crippen molar-refractivity contribution in [2.24, 2.45) is 0 Å². The average molecular weight is 236 g/mol. The van der Waals surface area contributed by atoms with Gasteiger partial charge in [-0.3, -0.25) is 10.1 Å². The molecule has 0 N–H and O–H groups in total. The highest BCUT2D eigenvalue weighted by molar-refractivity contribution is 9.10. The van der Waals surface area contributed by atoms with Crippen LogP contribution in [0, 0.1) is 10.1 Å². The number of thiophene rings is 1. The van der Waals surface area contributed by atoms with E-state index in [1.807, 2.05) is 11.4 Å². The highest BCUT2D eigenvalue weighted by Crippen LogP contribution is 2.22. The van der Waals surface area contributed by atoms with E-state index >= 15 is 0 Å². The third-order valence-corrected chi connectivity index (χ3v) is 3.20. The van der Waals surface area contributed by atoms with Gasteiger partial charge in [-0.25, -0.2) is 0 Å². The van der Waals surface area contributed by atoms with Gasteiger partial charge in [-0.1, -0.05) is 0 Å². The number of nitrogens with zero attached hydrogens (tertiary/aromatic N) is 1. The van der Waals surface area contributed by atoms with E-state index < -0.39 is 0 Å². The Morgan fingerprint density at radius 1 is 1.73 bits per heavy atom. The number of rotatable bonds is 3. The van der Waals surface area contributed by atoms with Crippen LogP contribution in [0.4, 0.5) is 0 Å². The minimum Gasteiger partial charge on any atom is -0.265 e. The highest BCUT2D eigenvalue weighted by Gasteiger charge is 2.04. The summed E-state index contributed by atoms with van der Waals surface area (Å²) < 4.78 is 0.976. The largest absolute Gasteiger partial charge is 0.265 e. The van der Waals surface area contributed by atoms with Crippen LogP contribution in [0.3, 0.4) is 0 Å². The molecule has 0 saturated heterocycles. The molecular weight excluding hydrogens is 230 g/mol. The zero-order valence-corrected chi connectivity index (χ0v) is 8.02. The van der Waals surface area contributed by atoms with Gasteiger partial charge in [0, 0.05) is 20.7 Å². The molecule has 1 rings (SSSR count). The van der Waals surface area contributed by atoms with Crippen molar-refractivity contribution in [3.05, 3.63) is 30.9 Å². The van der Waals surface area contributed by atoms with E-state index in [0.717, 1.165) is 9.35 Å². The van der Waals surface area contributed by atoms with Gasteiger partial charge in [0.05, 0.1) is 0 Å². The molecule has 0 spiro atoms. The lowest BCUT2D eigenvalue weighted by atomic mass is 10.3. The molecule has 0 aliphatic heterocycles. The lowest BCUT2D eigenvalue weighted by Crippen LogP contribution is -2.02. The van der Waals surface area contributed by atoms with Crippen LogP contribution in [0.25, 0.3) is 0 Å². The van der Waals surface area contributed by atoms with Gasteiger partial charge in [-0.2, -0.15) is 0 Å². The van der Waals surface area contributed by atoms with Crippen LogP contribution in [0.2, 0.25) is 0 Å². The molecule has 5 heteroatoms. The van der Waals surface area contributed by atoms with Crippen molar-refractivity contribution in [1.82, 2.24) is 0 Å². The van der Waals surface area contributed by atoms with E-state index in [0.29, 0.717) is 6.42 Å². The summed E-state index contributed by atoms with van der Waals surface area (Å²) >= 11 is 4.84. The topological polar surface area (TPSA) is 43.1 Å². The Morgan fingerprint density at radius 2 is 2.45 bits per heavy atom. The number of halogens is 1. The van der Waals surface area contributed by atoms with Gasteiger partial charge in [0.25, 0.3) is 0 Å². The van der Waals surface area contributed by atoms with Crippen molar-refractivity contribution >= 4 is 27.3 Å². The molecule has 1 heterocycles. The van der Waals surface area contributed by atoms with Crippen LogP contribution in [0.1, 0.15) is 4.88 Å². The van der Waals surface area contributed by atoms with Gasteiger partial charge in [0.1, 0.15) is 0 Å². The maximum atomic E-state index is 10.0. The van der Waals surface area contributed by atoms with Crippen LogP contribution in [0.15, 0.2) is 15.9 Å². The molecule has 1 aromatic heterocycles. The Morgan fingerprint density at radius 3 is 2.91 bits per heavy atom. The summed E-state index contributed by atoms with van der Waals surface area (Å²) in [6.07, 6.45) is 0.519. The molecule has 60 valence electrons. The van der Waals surface area contributed by atoms with Crippen LogP contribution >= 0.6 is 27.3 Å².